The molecule has 1 aromatic heterocycles. The summed E-state index contributed by atoms with van der Waals surface area (Å²) in [5, 5.41) is 2.36. The normalized spacial score (nSPS) is 9.36. The van der Waals surface area contributed by atoms with Crippen LogP contribution in [0.1, 0.15) is 5.69 Å². The fourth-order valence-corrected chi connectivity index (χ4v) is 1.35. The van der Waals surface area contributed by atoms with Gasteiger partial charge in [-0.2, -0.15) is 0 Å². The van der Waals surface area contributed by atoms with E-state index in [-0.39, 0.29) is 0 Å². The average molecular weight is 230 g/mol. The lowest BCUT2D eigenvalue weighted by molar-refractivity contribution is 0.632. The van der Waals surface area contributed by atoms with Crippen LogP contribution in [0.25, 0.3) is 10.8 Å². The molecule has 0 aliphatic heterocycles. The second kappa shape index (κ2) is 5.81. The Bertz CT molecular complexity index is 406. The Labute approximate surface area is 92.3 Å². The quantitative estimate of drug-likeness (QED) is 0.763. The summed E-state index contributed by atoms with van der Waals surface area (Å²) < 4.78 is 6.47. The molecule has 4 heteroatoms. The summed E-state index contributed by atoms with van der Waals surface area (Å²) in [6.07, 6.45) is 1.85. The summed E-state index contributed by atoms with van der Waals surface area (Å²) in [6.45, 7) is 0. The summed E-state index contributed by atoms with van der Waals surface area (Å²) in [5.41, 5.74) is 0.926. The van der Waals surface area contributed by atoms with Crippen LogP contribution < -0.4 is 0 Å². The van der Waals surface area contributed by atoms with E-state index in [9.17, 15) is 0 Å². The van der Waals surface area contributed by atoms with Crippen LogP contribution in [0.5, 0.6) is 0 Å². The van der Waals surface area contributed by atoms with Gasteiger partial charge in [0.25, 0.3) is 0 Å². The van der Waals surface area contributed by atoms with Crippen LogP contribution in [-0.4, -0.2) is 9.64 Å². The monoisotopic (exact) mass is 229 g/mol. The zero-order valence-electron chi connectivity index (χ0n) is 7.32. The first kappa shape index (κ1) is 11.2. The molecule has 0 unspecified atom stereocenters. The van der Waals surface area contributed by atoms with Crippen LogP contribution in [0.2, 0.25) is 0 Å². The van der Waals surface area contributed by atoms with E-state index in [2.05, 4.69) is 22.9 Å². The number of halogens is 2. The highest BCUT2D eigenvalue weighted by Crippen LogP contribution is 2.13. The van der Waals surface area contributed by atoms with Gasteiger partial charge in [-0.3, -0.25) is 9.64 Å². The standard InChI is InChI=1S/C10H8ClN.ClHO/c11-6-10-5-8-3-1-2-4-9(8)7-12-10;1-2/h1-5,7H,6H2;2H. The molecule has 0 amide bonds. The lowest BCUT2D eigenvalue weighted by atomic mass is 10.1. The zero-order chi connectivity index (χ0) is 10.4. The second-order valence-corrected chi connectivity index (χ2v) is 2.92. The second-order valence-electron chi connectivity index (χ2n) is 2.66. The minimum Gasteiger partial charge on any atom is -0.295 e. The molecular formula is C10H9Cl2NO. The van der Waals surface area contributed by atoms with Crippen LogP contribution in [0.3, 0.4) is 0 Å². The summed E-state index contributed by atoms with van der Waals surface area (Å²) in [4.78, 5) is 4.19. The molecule has 2 nitrogen and oxygen atoms in total. The minimum absolute atomic E-state index is 0.477. The minimum atomic E-state index is 0.477. The fourth-order valence-electron chi connectivity index (χ4n) is 1.20. The van der Waals surface area contributed by atoms with Crippen molar-refractivity contribution in [2.45, 2.75) is 5.88 Å². The van der Waals surface area contributed by atoms with E-state index < -0.39 is 0 Å². The average Bonchev–Trinajstić information content (AvgIpc) is 2.31. The predicted octanol–water partition coefficient (Wildman–Crippen LogP) is 3.11. The molecule has 2 rings (SSSR count). The van der Waals surface area contributed by atoms with Crippen molar-refractivity contribution in [3.8, 4) is 0 Å². The van der Waals surface area contributed by atoms with Crippen LogP contribution in [-0.2, 0) is 5.88 Å². The number of pyridine rings is 1. The van der Waals surface area contributed by atoms with Crippen LogP contribution >= 0.6 is 23.5 Å². The molecule has 0 fully saturated rings. The number of benzene rings is 1. The number of hydrogen-bond donors (Lipinski definition) is 1. The van der Waals surface area contributed by atoms with Gasteiger partial charge in [0.15, 0.2) is 0 Å². The maximum atomic E-state index is 6.47. The van der Waals surface area contributed by atoms with Crippen molar-refractivity contribution in [2.75, 3.05) is 0 Å². The fraction of sp³-hybridized carbons (Fsp3) is 0.100. The molecule has 1 aromatic carbocycles. The topological polar surface area (TPSA) is 33.1 Å². The van der Waals surface area contributed by atoms with Gasteiger partial charge < -0.3 is 0 Å². The molecule has 0 spiro atoms. The van der Waals surface area contributed by atoms with Gasteiger partial charge in [-0.05, 0) is 11.5 Å². The highest BCUT2D eigenvalue weighted by atomic mass is 35.5. The van der Waals surface area contributed by atoms with E-state index in [0.29, 0.717) is 5.88 Å². The van der Waals surface area contributed by atoms with Crippen LogP contribution in [0.15, 0.2) is 36.5 Å². The third-order valence-corrected chi connectivity index (χ3v) is 2.10. The van der Waals surface area contributed by atoms with Crippen LogP contribution in [0.4, 0.5) is 0 Å². The Kier molecular flexibility index (Phi) is 4.66. The maximum absolute atomic E-state index is 6.47. The predicted molar refractivity (Wildman–Crippen MR) is 59.4 cm³/mol. The van der Waals surface area contributed by atoms with E-state index in [1.807, 2.05) is 30.5 Å². The molecule has 1 N–H and O–H groups in total. The molecule has 14 heavy (non-hydrogen) atoms. The Morgan fingerprint density at radius 1 is 1.14 bits per heavy atom. The number of hydrogen-bond acceptors (Lipinski definition) is 2. The number of alkyl halides is 1. The van der Waals surface area contributed by atoms with E-state index in [1.165, 1.54) is 5.39 Å². The first-order valence-corrected chi connectivity index (χ1v) is 4.84. The Balaban J connectivity index is 0.000000461. The van der Waals surface area contributed by atoms with E-state index in [4.69, 9.17) is 16.3 Å². The third kappa shape index (κ3) is 2.58. The molecule has 0 atom stereocenters. The van der Waals surface area contributed by atoms with Crippen molar-refractivity contribution in [3.63, 3.8) is 0 Å². The third-order valence-electron chi connectivity index (χ3n) is 1.82. The smallest absolute Gasteiger partial charge is 0.0647 e. The van der Waals surface area contributed by atoms with Gasteiger partial charge in [0.05, 0.1) is 23.4 Å². The summed E-state index contributed by atoms with van der Waals surface area (Å²) >= 11 is 9.30. The van der Waals surface area contributed by atoms with Crippen molar-refractivity contribution < 1.29 is 4.66 Å². The van der Waals surface area contributed by atoms with Gasteiger partial charge >= 0.3 is 0 Å². The number of aromatic nitrogens is 1. The molecule has 0 bridgehead atoms. The largest absolute Gasteiger partial charge is 0.295 e. The van der Waals surface area contributed by atoms with E-state index in [0.717, 1.165) is 11.1 Å². The molecule has 2 aromatic rings. The number of fused-ring (bicyclic) bond motifs is 1. The number of nitrogens with zero attached hydrogens (tertiary/aromatic N) is 1. The van der Waals surface area contributed by atoms with Gasteiger partial charge in [-0.25, -0.2) is 0 Å². The van der Waals surface area contributed by atoms with Crippen molar-refractivity contribution in [1.29, 1.82) is 0 Å². The highest BCUT2D eigenvalue weighted by molar-refractivity contribution is 6.17. The SMILES string of the molecule is ClCc1cc2ccccc2cn1.OCl. The lowest BCUT2D eigenvalue weighted by Crippen LogP contribution is -1.83. The Morgan fingerprint density at radius 3 is 2.43 bits per heavy atom. The molecular weight excluding hydrogens is 221 g/mol. The molecule has 0 saturated heterocycles. The van der Waals surface area contributed by atoms with E-state index >= 15 is 0 Å². The van der Waals surface area contributed by atoms with Gasteiger partial charge in [-0.1, -0.05) is 24.3 Å². The highest BCUT2D eigenvalue weighted by Gasteiger charge is 1.94. The van der Waals surface area contributed by atoms with Gasteiger partial charge in [0.1, 0.15) is 0 Å². The summed E-state index contributed by atoms with van der Waals surface area (Å²) in [5.74, 6) is 0.477. The Hall–Kier alpha value is -0.830. The molecule has 1 heterocycles. The zero-order valence-corrected chi connectivity index (χ0v) is 8.83. The van der Waals surface area contributed by atoms with Crippen molar-refractivity contribution in [1.82, 2.24) is 4.98 Å². The molecule has 0 saturated carbocycles. The number of rotatable bonds is 1. The maximum Gasteiger partial charge on any atom is 0.0647 e. The van der Waals surface area contributed by atoms with Crippen molar-refractivity contribution >= 4 is 34.2 Å². The molecule has 0 radical (unpaired) electrons. The van der Waals surface area contributed by atoms with Gasteiger partial charge in [0.2, 0.25) is 0 Å². The molecule has 0 aliphatic carbocycles. The molecule has 74 valence electrons. The molecule has 0 aliphatic rings. The van der Waals surface area contributed by atoms with Gasteiger partial charge in [-0.15, -0.1) is 11.6 Å². The lowest BCUT2D eigenvalue weighted by Gasteiger charge is -1.97. The van der Waals surface area contributed by atoms with Crippen molar-refractivity contribution in [3.05, 3.63) is 42.2 Å². The summed E-state index contributed by atoms with van der Waals surface area (Å²) in [7, 11) is 0. The first-order chi connectivity index (χ1) is 6.90. The van der Waals surface area contributed by atoms with Crippen molar-refractivity contribution in [2.24, 2.45) is 0 Å². The van der Waals surface area contributed by atoms with E-state index in [1.54, 1.807) is 0 Å². The Morgan fingerprint density at radius 2 is 1.79 bits per heavy atom. The van der Waals surface area contributed by atoms with Crippen LogP contribution in [0, 0.1) is 0 Å². The summed E-state index contributed by atoms with van der Waals surface area (Å²) in [6, 6.07) is 10.1. The first-order valence-electron chi connectivity index (χ1n) is 3.97. The van der Waals surface area contributed by atoms with Gasteiger partial charge in [0, 0.05) is 11.6 Å².